The van der Waals surface area contributed by atoms with E-state index in [9.17, 15) is 9.59 Å². The van der Waals surface area contributed by atoms with Crippen molar-refractivity contribution in [1.82, 2.24) is 14.8 Å². The van der Waals surface area contributed by atoms with Crippen LogP contribution < -0.4 is 11.1 Å². The van der Waals surface area contributed by atoms with E-state index in [1.165, 1.54) is 0 Å². The van der Waals surface area contributed by atoms with E-state index in [4.69, 9.17) is 21.7 Å². The van der Waals surface area contributed by atoms with Gasteiger partial charge < -0.3 is 9.47 Å². The van der Waals surface area contributed by atoms with Crippen LogP contribution in [0.25, 0.3) is 0 Å². The highest BCUT2D eigenvalue weighted by atomic mass is 32.1. The molecule has 7 nitrogen and oxygen atoms in total. The van der Waals surface area contributed by atoms with E-state index in [-0.39, 0.29) is 11.3 Å². The molecular weight excluding hydrogens is 246 g/mol. The zero-order valence-corrected chi connectivity index (χ0v) is 10.5. The third-order valence-electron chi connectivity index (χ3n) is 2.00. The number of hydrogen-bond donors (Lipinski definition) is 2. The Morgan fingerprint density at radius 2 is 1.82 bits per heavy atom. The van der Waals surface area contributed by atoms with Crippen LogP contribution in [0.15, 0.2) is 9.59 Å². The molecule has 0 unspecified atom stereocenters. The maximum atomic E-state index is 11.6. The van der Waals surface area contributed by atoms with E-state index in [0.29, 0.717) is 13.2 Å². The number of hydrogen-bond acceptors (Lipinski definition) is 5. The van der Waals surface area contributed by atoms with Gasteiger partial charge in [0.2, 0.25) is 0 Å². The van der Waals surface area contributed by atoms with E-state index in [0.717, 1.165) is 4.57 Å². The van der Waals surface area contributed by atoms with Crippen LogP contribution in [0.5, 0.6) is 0 Å². The molecule has 17 heavy (non-hydrogen) atoms. The van der Waals surface area contributed by atoms with E-state index in [1.54, 1.807) is 0 Å². The van der Waals surface area contributed by atoms with Gasteiger partial charge in [-0.25, -0.2) is 0 Å². The van der Waals surface area contributed by atoms with Crippen LogP contribution in [0, 0.1) is 4.77 Å². The summed E-state index contributed by atoms with van der Waals surface area (Å²) in [5, 5.41) is 4.57. The van der Waals surface area contributed by atoms with Gasteiger partial charge >= 0.3 is 11.1 Å². The molecule has 1 aromatic rings. The number of nitrogens with zero attached hydrogens (tertiary/aromatic N) is 1. The minimum Gasteiger partial charge on any atom is -0.351 e. The van der Waals surface area contributed by atoms with Crippen molar-refractivity contribution in [3.05, 3.63) is 25.5 Å². The second-order valence-corrected chi connectivity index (χ2v) is 3.53. The Hall–Kier alpha value is -1.25. The molecule has 0 saturated carbocycles. The summed E-state index contributed by atoms with van der Waals surface area (Å²) in [7, 11) is 0. The first kappa shape index (κ1) is 13.8. The number of H-pyrrole nitrogens is 2. The quantitative estimate of drug-likeness (QED) is 0.427. The molecule has 0 saturated heterocycles. The molecule has 1 heterocycles. The van der Waals surface area contributed by atoms with Gasteiger partial charge in [-0.1, -0.05) is 0 Å². The molecule has 8 heteroatoms. The first-order chi connectivity index (χ1) is 8.10. The molecule has 0 aliphatic rings. The summed E-state index contributed by atoms with van der Waals surface area (Å²) in [6.07, 6.45) is -0.598. The number of aromatic nitrogens is 3. The lowest BCUT2D eigenvalue weighted by Crippen LogP contribution is -2.40. The van der Waals surface area contributed by atoms with Crippen molar-refractivity contribution in [2.45, 2.75) is 26.7 Å². The Morgan fingerprint density at radius 1 is 1.24 bits per heavy atom. The van der Waals surface area contributed by atoms with Crippen molar-refractivity contribution in [2.24, 2.45) is 0 Å². The second-order valence-electron chi connectivity index (χ2n) is 3.14. The molecule has 0 radical (unpaired) electrons. The Bertz CT molecular complexity index is 512. The Labute approximate surface area is 102 Å². The molecular formula is C9H15N3O4S. The Morgan fingerprint density at radius 3 is 2.35 bits per heavy atom. The Kier molecular flexibility index (Phi) is 5.26. The van der Waals surface area contributed by atoms with Gasteiger partial charge in [0, 0.05) is 13.2 Å². The lowest BCUT2D eigenvalue weighted by Gasteiger charge is -2.17. The standard InChI is InChI=1S/C9H15N3O4S/c1-3-15-6(16-4-2)5-12-8(14)7(13)10-11-9(12)17/h6H,3-5H2,1-2H3,(H,10,13)(H,11,17). The van der Waals surface area contributed by atoms with Gasteiger partial charge in [-0.3, -0.25) is 24.4 Å². The van der Waals surface area contributed by atoms with Gasteiger partial charge in [-0.15, -0.1) is 0 Å². The summed E-state index contributed by atoms with van der Waals surface area (Å²) in [6, 6.07) is 0. The first-order valence-corrected chi connectivity index (χ1v) is 5.66. The molecule has 0 amide bonds. The fraction of sp³-hybridized carbons (Fsp3) is 0.667. The van der Waals surface area contributed by atoms with Crippen LogP contribution in [0.3, 0.4) is 0 Å². The van der Waals surface area contributed by atoms with Crippen LogP contribution in [-0.2, 0) is 16.0 Å². The van der Waals surface area contributed by atoms with Crippen molar-refractivity contribution in [3.8, 4) is 0 Å². The highest BCUT2D eigenvalue weighted by molar-refractivity contribution is 7.71. The van der Waals surface area contributed by atoms with Crippen molar-refractivity contribution >= 4 is 12.2 Å². The molecule has 0 aliphatic heterocycles. The van der Waals surface area contributed by atoms with Gasteiger partial charge in [0.05, 0.1) is 6.54 Å². The van der Waals surface area contributed by atoms with E-state index < -0.39 is 17.4 Å². The van der Waals surface area contributed by atoms with E-state index in [1.807, 2.05) is 13.8 Å². The Balaban J connectivity index is 3.00. The largest absolute Gasteiger partial charge is 0.351 e. The van der Waals surface area contributed by atoms with E-state index in [2.05, 4.69) is 10.2 Å². The monoisotopic (exact) mass is 261 g/mol. The van der Waals surface area contributed by atoms with Crippen molar-refractivity contribution in [2.75, 3.05) is 13.2 Å². The molecule has 0 aromatic carbocycles. The predicted octanol–water partition coefficient (Wildman–Crippen LogP) is -0.00671. The third kappa shape index (κ3) is 3.62. The van der Waals surface area contributed by atoms with Gasteiger partial charge in [0.15, 0.2) is 11.1 Å². The lowest BCUT2D eigenvalue weighted by molar-refractivity contribution is -0.144. The average Bonchev–Trinajstić information content (AvgIpc) is 2.30. The number of nitrogens with one attached hydrogen (secondary N) is 2. The fourth-order valence-electron chi connectivity index (χ4n) is 1.29. The first-order valence-electron chi connectivity index (χ1n) is 5.25. The molecule has 1 rings (SSSR count). The number of rotatable bonds is 6. The van der Waals surface area contributed by atoms with Crippen molar-refractivity contribution in [1.29, 1.82) is 0 Å². The minimum absolute atomic E-state index is 0.0831. The van der Waals surface area contributed by atoms with Crippen molar-refractivity contribution in [3.63, 3.8) is 0 Å². The fourth-order valence-corrected chi connectivity index (χ4v) is 1.49. The van der Waals surface area contributed by atoms with E-state index >= 15 is 0 Å². The summed E-state index contributed by atoms with van der Waals surface area (Å²) >= 11 is 4.91. The smallest absolute Gasteiger partial charge is 0.328 e. The SMILES string of the molecule is CCOC(Cn1c(=S)[nH][nH]c(=O)c1=O)OCC. The summed E-state index contributed by atoms with van der Waals surface area (Å²) in [5.41, 5.74) is -1.48. The summed E-state index contributed by atoms with van der Waals surface area (Å²) in [5.74, 6) is 0. The van der Waals surface area contributed by atoms with Crippen LogP contribution in [-0.4, -0.2) is 34.3 Å². The molecule has 1 aromatic heterocycles. The molecule has 2 N–H and O–H groups in total. The van der Waals surface area contributed by atoms with Gasteiger partial charge in [0.1, 0.15) is 0 Å². The summed E-state index contributed by atoms with van der Waals surface area (Å²) in [4.78, 5) is 22.7. The van der Waals surface area contributed by atoms with Crippen LogP contribution in [0.2, 0.25) is 0 Å². The van der Waals surface area contributed by atoms with Gasteiger partial charge in [0.25, 0.3) is 0 Å². The molecule has 0 fully saturated rings. The molecule has 0 bridgehead atoms. The lowest BCUT2D eigenvalue weighted by atomic mass is 10.5. The van der Waals surface area contributed by atoms with Crippen LogP contribution >= 0.6 is 12.2 Å². The third-order valence-corrected chi connectivity index (χ3v) is 2.33. The van der Waals surface area contributed by atoms with Crippen LogP contribution in [0.4, 0.5) is 0 Å². The minimum atomic E-state index is -0.759. The molecule has 96 valence electrons. The zero-order valence-electron chi connectivity index (χ0n) is 9.69. The second kappa shape index (κ2) is 6.48. The van der Waals surface area contributed by atoms with Gasteiger partial charge in [-0.2, -0.15) is 0 Å². The predicted molar refractivity (Wildman–Crippen MR) is 63.5 cm³/mol. The molecule has 0 aliphatic carbocycles. The maximum absolute atomic E-state index is 11.6. The number of ether oxygens (including phenoxy) is 2. The average molecular weight is 261 g/mol. The number of aromatic amines is 2. The van der Waals surface area contributed by atoms with Gasteiger partial charge in [-0.05, 0) is 26.1 Å². The molecule has 0 atom stereocenters. The molecule has 0 spiro atoms. The van der Waals surface area contributed by atoms with Crippen LogP contribution in [0.1, 0.15) is 13.8 Å². The normalized spacial score (nSPS) is 11.0. The van der Waals surface area contributed by atoms with Crippen molar-refractivity contribution < 1.29 is 9.47 Å². The maximum Gasteiger partial charge on any atom is 0.328 e. The highest BCUT2D eigenvalue weighted by Gasteiger charge is 2.12. The zero-order chi connectivity index (χ0) is 12.8. The summed E-state index contributed by atoms with van der Waals surface area (Å²) in [6.45, 7) is 4.60. The highest BCUT2D eigenvalue weighted by Crippen LogP contribution is 1.98. The summed E-state index contributed by atoms with van der Waals surface area (Å²) < 4.78 is 11.8. The topological polar surface area (TPSA) is 89.1 Å².